The van der Waals surface area contributed by atoms with E-state index in [1.54, 1.807) is 4.90 Å². The number of likely N-dealkylation sites (tertiary alicyclic amines) is 1. The first-order valence-electron chi connectivity index (χ1n) is 7.93. The Morgan fingerprint density at radius 2 is 2.04 bits per heavy atom. The highest BCUT2D eigenvalue weighted by Crippen LogP contribution is 2.23. The number of hydrogen-bond donors (Lipinski definition) is 0. The van der Waals surface area contributed by atoms with E-state index in [0.29, 0.717) is 25.9 Å². The van der Waals surface area contributed by atoms with E-state index in [2.05, 4.69) is 17.6 Å². The standard InChI is InChI=1S/C17H22N2O3S/c1-3-18-11-13(15-6-4-5-7-16(15)18)10-17(20)19-9-8-14(12-19)23(2,21)22/h4-7,11,14H,3,8-10,12H2,1-2H3. The lowest BCUT2D eigenvalue weighted by atomic mass is 10.1. The Morgan fingerprint density at radius 1 is 1.30 bits per heavy atom. The molecule has 124 valence electrons. The van der Waals surface area contributed by atoms with Crippen LogP contribution in [-0.4, -0.2) is 48.4 Å². The highest BCUT2D eigenvalue weighted by atomic mass is 32.2. The molecule has 1 unspecified atom stereocenters. The minimum atomic E-state index is -3.07. The number of aromatic nitrogens is 1. The molecule has 1 aromatic carbocycles. The van der Waals surface area contributed by atoms with Crippen LogP contribution in [0.3, 0.4) is 0 Å². The van der Waals surface area contributed by atoms with Gasteiger partial charge in [0.2, 0.25) is 5.91 Å². The zero-order valence-electron chi connectivity index (χ0n) is 13.5. The summed E-state index contributed by atoms with van der Waals surface area (Å²) in [5, 5.41) is 0.685. The van der Waals surface area contributed by atoms with Gasteiger partial charge in [-0.25, -0.2) is 8.42 Å². The van der Waals surface area contributed by atoms with Crippen molar-refractivity contribution in [3.05, 3.63) is 36.0 Å². The summed E-state index contributed by atoms with van der Waals surface area (Å²) >= 11 is 0. The molecule has 5 nitrogen and oxygen atoms in total. The Bertz CT molecular complexity index is 839. The summed E-state index contributed by atoms with van der Waals surface area (Å²) in [5.41, 5.74) is 2.14. The number of sulfone groups is 1. The molecule has 6 heteroatoms. The number of carbonyl (C=O) groups excluding carboxylic acids is 1. The van der Waals surface area contributed by atoms with Gasteiger partial charge in [0.05, 0.1) is 11.7 Å². The van der Waals surface area contributed by atoms with Crippen LogP contribution >= 0.6 is 0 Å². The van der Waals surface area contributed by atoms with E-state index in [-0.39, 0.29) is 5.91 Å². The van der Waals surface area contributed by atoms with Gasteiger partial charge in [-0.05, 0) is 25.0 Å². The predicted molar refractivity (Wildman–Crippen MR) is 91.1 cm³/mol. The van der Waals surface area contributed by atoms with Gasteiger partial charge in [0, 0.05) is 43.0 Å². The minimum absolute atomic E-state index is 0.00940. The lowest BCUT2D eigenvalue weighted by Crippen LogP contribution is -2.32. The lowest BCUT2D eigenvalue weighted by Gasteiger charge is -2.15. The van der Waals surface area contributed by atoms with Crippen molar-refractivity contribution in [2.45, 2.75) is 31.6 Å². The van der Waals surface area contributed by atoms with Crippen LogP contribution in [0.4, 0.5) is 0 Å². The summed E-state index contributed by atoms with van der Waals surface area (Å²) in [5.74, 6) is 0.00940. The maximum absolute atomic E-state index is 12.6. The van der Waals surface area contributed by atoms with Gasteiger partial charge in [-0.3, -0.25) is 4.79 Å². The van der Waals surface area contributed by atoms with Crippen LogP contribution in [-0.2, 0) is 27.6 Å². The number of fused-ring (bicyclic) bond motifs is 1. The second kappa shape index (κ2) is 6.00. The molecule has 0 bridgehead atoms. The number of hydrogen-bond acceptors (Lipinski definition) is 3. The fraction of sp³-hybridized carbons (Fsp3) is 0.471. The Morgan fingerprint density at radius 3 is 2.70 bits per heavy atom. The van der Waals surface area contributed by atoms with Gasteiger partial charge in [-0.15, -0.1) is 0 Å². The van der Waals surface area contributed by atoms with E-state index >= 15 is 0 Å². The zero-order valence-corrected chi connectivity index (χ0v) is 14.3. The maximum atomic E-state index is 12.6. The van der Waals surface area contributed by atoms with Gasteiger partial charge in [0.1, 0.15) is 0 Å². The summed E-state index contributed by atoms with van der Waals surface area (Å²) in [6.07, 6.45) is 4.15. The number of benzene rings is 1. The second-order valence-corrected chi connectivity index (χ2v) is 8.54. The molecule has 3 rings (SSSR count). The molecule has 2 aromatic rings. The Kier molecular flexibility index (Phi) is 4.19. The molecule has 2 heterocycles. The van der Waals surface area contributed by atoms with E-state index in [1.165, 1.54) is 6.26 Å². The summed E-state index contributed by atoms with van der Waals surface area (Å²) in [7, 11) is -3.07. The van der Waals surface area contributed by atoms with Crippen molar-refractivity contribution in [1.29, 1.82) is 0 Å². The van der Waals surface area contributed by atoms with E-state index in [0.717, 1.165) is 23.0 Å². The van der Waals surface area contributed by atoms with Crippen LogP contribution in [0.2, 0.25) is 0 Å². The lowest BCUT2D eigenvalue weighted by molar-refractivity contribution is -0.129. The fourth-order valence-electron chi connectivity index (χ4n) is 3.30. The summed E-state index contributed by atoms with van der Waals surface area (Å²) in [4.78, 5) is 14.2. The number of amides is 1. The van der Waals surface area contributed by atoms with Gasteiger partial charge in [0.15, 0.2) is 9.84 Å². The topological polar surface area (TPSA) is 59.4 Å². The number of para-hydroxylation sites is 1. The highest BCUT2D eigenvalue weighted by Gasteiger charge is 2.32. The third kappa shape index (κ3) is 3.13. The molecule has 1 aliphatic heterocycles. The number of carbonyl (C=O) groups is 1. The largest absolute Gasteiger partial charge is 0.347 e. The molecular weight excluding hydrogens is 312 g/mol. The molecule has 23 heavy (non-hydrogen) atoms. The maximum Gasteiger partial charge on any atom is 0.227 e. The van der Waals surface area contributed by atoms with Crippen LogP contribution in [0, 0.1) is 0 Å². The molecule has 1 atom stereocenters. The Balaban J connectivity index is 1.79. The van der Waals surface area contributed by atoms with Gasteiger partial charge >= 0.3 is 0 Å². The van der Waals surface area contributed by atoms with Crippen LogP contribution < -0.4 is 0 Å². The van der Waals surface area contributed by atoms with Gasteiger partial charge in [-0.1, -0.05) is 18.2 Å². The van der Waals surface area contributed by atoms with Crippen LogP contribution in [0.15, 0.2) is 30.5 Å². The second-order valence-electron chi connectivity index (χ2n) is 6.21. The number of aryl methyl sites for hydroxylation is 1. The minimum Gasteiger partial charge on any atom is -0.347 e. The molecule has 1 aromatic heterocycles. The van der Waals surface area contributed by atoms with Crippen LogP contribution in [0.1, 0.15) is 18.9 Å². The third-order valence-corrected chi connectivity index (χ3v) is 6.25. The van der Waals surface area contributed by atoms with E-state index < -0.39 is 15.1 Å². The predicted octanol–water partition coefficient (Wildman–Crippen LogP) is 1.85. The zero-order chi connectivity index (χ0) is 16.6. The SMILES string of the molecule is CCn1cc(CC(=O)N2CCC(S(C)(=O)=O)C2)c2ccccc21. The first kappa shape index (κ1) is 16.1. The number of rotatable bonds is 4. The summed E-state index contributed by atoms with van der Waals surface area (Å²) in [6.45, 7) is 3.79. The highest BCUT2D eigenvalue weighted by molar-refractivity contribution is 7.91. The van der Waals surface area contributed by atoms with Crippen LogP contribution in [0.5, 0.6) is 0 Å². The first-order chi connectivity index (χ1) is 10.9. The van der Waals surface area contributed by atoms with E-state index in [1.807, 2.05) is 24.4 Å². The van der Waals surface area contributed by atoms with E-state index in [4.69, 9.17) is 0 Å². The molecule has 1 fully saturated rings. The molecule has 1 aliphatic rings. The Labute approximate surface area is 136 Å². The van der Waals surface area contributed by atoms with Crippen molar-refractivity contribution in [2.75, 3.05) is 19.3 Å². The average molecular weight is 334 g/mol. The molecule has 1 amide bonds. The van der Waals surface area contributed by atoms with Gasteiger partial charge in [-0.2, -0.15) is 0 Å². The monoisotopic (exact) mass is 334 g/mol. The van der Waals surface area contributed by atoms with Gasteiger partial charge in [0.25, 0.3) is 0 Å². The summed E-state index contributed by atoms with van der Waals surface area (Å²) in [6, 6.07) is 8.07. The fourth-order valence-corrected chi connectivity index (χ4v) is 4.29. The number of nitrogens with zero attached hydrogens (tertiary/aromatic N) is 2. The smallest absolute Gasteiger partial charge is 0.227 e. The van der Waals surface area contributed by atoms with Crippen molar-refractivity contribution in [3.63, 3.8) is 0 Å². The molecule has 0 aliphatic carbocycles. The van der Waals surface area contributed by atoms with Crippen molar-refractivity contribution in [3.8, 4) is 0 Å². The molecular formula is C17H22N2O3S. The first-order valence-corrected chi connectivity index (χ1v) is 9.89. The molecule has 0 saturated carbocycles. The molecule has 0 N–H and O–H groups in total. The van der Waals surface area contributed by atoms with Crippen molar-refractivity contribution < 1.29 is 13.2 Å². The Hall–Kier alpha value is -1.82. The van der Waals surface area contributed by atoms with E-state index in [9.17, 15) is 13.2 Å². The third-order valence-electron chi connectivity index (χ3n) is 4.66. The normalized spacial score (nSPS) is 18.7. The molecule has 1 saturated heterocycles. The van der Waals surface area contributed by atoms with Crippen molar-refractivity contribution in [2.24, 2.45) is 0 Å². The van der Waals surface area contributed by atoms with Crippen LogP contribution in [0.25, 0.3) is 10.9 Å². The molecule has 0 radical (unpaired) electrons. The summed E-state index contributed by atoms with van der Waals surface area (Å²) < 4.78 is 25.4. The van der Waals surface area contributed by atoms with Crippen molar-refractivity contribution in [1.82, 2.24) is 9.47 Å². The van der Waals surface area contributed by atoms with Gasteiger partial charge < -0.3 is 9.47 Å². The quantitative estimate of drug-likeness (QED) is 0.857. The average Bonchev–Trinajstić information content (AvgIpc) is 3.12. The molecule has 0 spiro atoms. The van der Waals surface area contributed by atoms with Crippen molar-refractivity contribution >= 4 is 26.6 Å².